The monoisotopic (exact) mass is 394 g/mol. The van der Waals surface area contributed by atoms with Crippen molar-refractivity contribution < 1.29 is 9.59 Å². The lowest BCUT2D eigenvalue weighted by Crippen LogP contribution is -2.46. The number of hydrogen-bond acceptors (Lipinski definition) is 2. The first-order valence-corrected chi connectivity index (χ1v) is 9.33. The van der Waals surface area contributed by atoms with E-state index in [0.29, 0.717) is 13.1 Å². The van der Waals surface area contributed by atoms with Gasteiger partial charge >= 0.3 is 0 Å². The molecule has 2 rings (SSSR count). The summed E-state index contributed by atoms with van der Waals surface area (Å²) >= 11 is 3.42. The molecular formula is C19H27BrN2O2. The maximum Gasteiger partial charge on any atom is 0.227 e. The SMILES string of the molecule is CC(NC(=O)C1CCN(C(=O)C(C)(C)C)CC1)c1ccc(Br)cc1. The van der Waals surface area contributed by atoms with Crippen molar-refractivity contribution in [1.82, 2.24) is 10.2 Å². The van der Waals surface area contributed by atoms with Crippen molar-refractivity contribution in [3.05, 3.63) is 34.3 Å². The van der Waals surface area contributed by atoms with Crippen LogP contribution in [-0.4, -0.2) is 29.8 Å². The summed E-state index contributed by atoms with van der Waals surface area (Å²) in [6.07, 6.45) is 1.47. The van der Waals surface area contributed by atoms with Crippen molar-refractivity contribution in [2.45, 2.75) is 46.6 Å². The summed E-state index contributed by atoms with van der Waals surface area (Å²) < 4.78 is 1.03. The highest BCUT2D eigenvalue weighted by Gasteiger charge is 2.32. The third-order valence-corrected chi connectivity index (χ3v) is 5.05. The van der Waals surface area contributed by atoms with E-state index in [-0.39, 0.29) is 29.2 Å². The first-order valence-electron chi connectivity index (χ1n) is 8.53. The molecule has 1 aromatic carbocycles. The molecule has 0 bridgehead atoms. The maximum absolute atomic E-state index is 12.5. The Balaban J connectivity index is 1.86. The van der Waals surface area contributed by atoms with Crippen molar-refractivity contribution in [3.63, 3.8) is 0 Å². The average Bonchev–Trinajstić information content (AvgIpc) is 2.54. The van der Waals surface area contributed by atoms with Crippen LogP contribution < -0.4 is 5.32 Å². The Morgan fingerprint density at radius 3 is 2.21 bits per heavy atom. The highest BCUT2D eigenvalue weighted by molar-refractivity contribution is 9.10. The Labute approximate surface area is 153 Å². The second-order valence-corrected chi connectivity index (χ2v) is 8.51. The summed E-state index contributed by atoms with van der Waals surface area (Å²) in [7, 11) is 0. The van der Waals surface area contributed by atoms with Crippen LogP contribution >= 0.6 is 15.9 Å². The van der Waals surface area contributed by atoms with Gasteiger partial charge in [-0.1, -0.05) is 48.8 Å². The van der Waals surface area contributed by atoms with E-state index in [2.05, 4.69) is 21.2 Å². The zero-order valence-corrected chi connectivity index (χ0v) is 16.5. The summed E-state index contributed by atoms with van der Waals surface area (Å²) in [6.45, 7) is 9.15. The van der Waals surface area contributed by atoms with Crippen molar-refractivity contribution in [3.8, 4) is 0 Å². The summed E-state index contributed by atoms with van der Waals surface area (Å²) in [5.41, 5.74) is 0.734. The molecule has 1 aliphatic heterocycles. The van der Waals surface area contributed by atoms with Gasteiger partial charge in [0.05, 0.1) is 6.04 Å². The Hall–Kier alpha value is -1.36. The molecule has 24 heavy (non-hydrogen) atoms. The number of amides is 2. The van der Waals surface area contributed by atoms with E-state index in [0.717, 1.165) is 22.9 Å². The fraction of sp³-hybridized carbons (Fsp3) is 0.579. The number of rotatable bonds is 3. The van der Waals surface area contributed by atoms with Gasteiger partial charge in [-0.15, -0.1) is 0 Å². The highest BCUT2D eigenvalue weighted by atomic mass is 79.9. The molecule has 4 nitrogen and oxygen atoms in total. The molecule has 2 amide bonds. The first kappa shape index (κ1) is 19.0. The fourth-order valence-corrected chi connectivity index (χ4v) is 3.25. The number of likely N-dealkylation sites (tertiary alicyclic amines) is 1. The molecule has 0 aromatic heterocycles. The molecule has 0 spiro atoms. The molecule has 132 valence electrons. The van der Waals surface area contributed by atoms with Crippen molar-refractivity contribution >= 4 is 27.7 Å². The van der Waals surface area contributed by atoms with E-state index in [4.69, 9.17) is 0 Å². The Morgan fingerprint density at radius 2 is 1.71 bits per heavy atom. The minimum absolute atomic E-state index is 0.00748. The molecular weight excluding hydrogens is 368 g/mol. The molecule has 1 unspecified atom stereocenters. The van der Waals surface area contributed by atoms with Crippen molar-refractivity contribution in [1.29, 1.82) is 0 Å². The second kappa shape index (κ2) is 7.68. The first-order chi connectivity index (χ1) is 11.2. The summed E-state index contributed by atoms with van der Waals surface area (Å²) in [6, 6.07) is 7.97. The predicted molar refractivity (Wildman–Crippen MR) is 99.5 cm³/mol. The van der Waals surface area contributed by atoms with E-state index in [1.165, 1.54) is 0 Å². The maximum atomic E-state index is 12.5. The van der Waals surface area contributed by atoms with Gasteiger partial charge in [0.15, 0.2) is 0 Å². The standard InChI is InChI=1S/C19H27BrN2O2/c1-13(14-5-7-16(20)8-6-14)21-17(23)15-9-11-22(12-10-15)18(24)19(2,3)4/h5-8,13,15H,9-12H2,1-4H3,(H,21,23). The fourth-order valence-electron chi connectivity index (χ4n) is 2.99. The van der Waals surface area contributed by atoms with Gasteiger partial charge in [0, 0.05) is 28.9 Å². The second-order valence-electron chi connectivity index (χ2n) is 7.60. The van der Waals surface area contributed by atoms with Gasteiger partial charge in [0.25, 0.3) is 0 Å². The quantitative estimate of drug-likeness (QED) is 0.844. The molecule has 0 saturated carbocycles. The molecule has 0 aliphatic carbocycles. The van der Waals surface area contributed by atoms with Gasteiger partial charge in [-0.3, -0.25) is 9.59 Å². The number of nitrogens with zero attached hydrogens (tertiary/aromatic N) is 1. The summed E-state index contributed by atoms with van der Waals surface area (Å²) in [5, 5.41) is 3.10. The number of carbonyl (C=O) groups excluding carboxylic acids is 2. The zero-order valence-electron chi connectivity index (χ0n) is 14.9. The van der Waals surface area contributed by atoms with E-state index < -0.39 is 0 Å². The molecule has 1 saturated heterocycles. The Morgan fingerprint density at radius 1 is 1.17 bits per heavy atom. The topological polar surface area (TPSA) is 49.4 Å². The van der Waals surface area contributed by atoms with Crippen LogP contribution in [0.3, 0.4) is 0 Å². The minimum Gasteiger partial charge on any atom is -0.349 e. The lowest BCUT2D eigenvalue weighted by atomic mass is 9.90. The average molecular weight is 395 g/mol. The van der Waals surface area contributed by atoms with Gasteiger partial charge in [0.1, 0.15) is 0 Å². The zero-order chi connectivity index (χ0) is 17.9. The molecule has 1 atom stereocenters. The molecule has 1 N–H and O–H groups in total. The lowest BCUT2D eigenvalue weighted by molar-refractivity contribution is -0.142. The summed E-state index contributed by atoms with van der Waals surface area (Å²) in [5.74, 6) is 0.254. The number of halogens is 1. The van der Waals surface area contributed by atoms with Crippen LogP contribution in [0.15, 0.2) is 28.7 Å². The molecule has 1 heterocycles. The van der Waals surface area contributed by atoms with Crippen molar-refractivity contribution in [2.24, 2.45) is 11.3 Å². The molecule has 5 heteroatoms. The normalized spacial score (nSPS) is 17.5. The van der Waals surface area contributed by atoms with Gasteiger partial charge in [-0.2, -0.15) is 0 Å². The number of benzene rings is 1. The summed E-state index contributed by atoms with van der Waals surface area (Å²) in [4.78, 5) is 26.7. The largest absolute Gasteiger partial charge is 0.349 e. The van der Waals surface area contributed by atoms with E-state index >= 15 is 0 Å². The van der Waals surface area contributed by atoms with Gasteiger partial charge in [-0.25, -0.2) is 0 Å². The highest BCUT2D eigenvalue weighted by Crippen LogP contribution is 2.24. The van der Waals surface area contributed by atoms with Crippen LogP contribution in [0.5, 0.6) is 0 Å². The number of hydrogen-bond donors (Lipinski definition) is 1. The molecule has 0 radical (unpaired) electrons. The van der Waals surface area contributed by atoms with Crippen LogP contribution in [0.1, 0.15) is 52.1 Å². The van der Waals surface area contributed by atoms with Crippen LogP contribution in [0.4, 0.5) is 0 Å². The van der Waals surface area contributed by atoms with E-state index in [9.17, 15) is 9.59 Å². The van der Waals surface area contributed by atoms with Gasteiger partial charge in [-0.05, 0) is 37.5 Å². The third-order valence-electron chi connectivity index (χ3n) is 4.52. The molecule has 1 aromatic rings. The third kappa shape index (κ3) is 4.82. The molecule has 1 aliphatic rings. The van der Waals surface area contributed by atoms with Crippen LogP contribution in [-0.2, 0) is 9.59 Å². The minimum atomic E-state index is -0.356. The van der Waals surface area contributed by atoms with E-state index in [1.54, 1.807) is 0 Å². The van der Waals surface area contributed by atoms with Crippen LogP contribution in [0.2, 0.25) is 0 Å². The van der Waals surface area contributed by atoms with Crippen LogP contribution in [0, 0.1) is 11.3 Å². The lowest BCUT2D eigenvalue weighted by Gasteiger charge is -2.35. The number of piperidine rings is 1. The van der Waals surface area contributed by atoms with Crippen LogP contribution in [0.25, 0.3) is 0 Å². The van der Waals surface area contributed by atoms with Crippen molar-refractivity contribution in [2.75, 3.05) is 13.1 Å². The Bertz CT molecular complexity index is 584. The van der Waals surface area contributed by atoms with Gasteiger partial charge in [0.2, 0.25) is 11.8 Å². The van der Waals surface area contributed by atoms with Gasteiger partial charge < -0.3 is 10.2 Å². The molecule has 1 fully saturated rings. The Kier molecular flexibility index (Phi) is 6.07. The number of carbonyl (C=O) groups is 2. The predicted octanol–water partition coefficient (Wildman–Crippen LogP) is 3.91. The number of nitrogens with one attached hydrogen (secondary N) is 1. The smallest absolute Gasteiger partial charge is 0.227 e. The van der Waals surface area contributed by atoms with E-state index in [1.807, 2.05) is 56.9 Å².